The summed E-state index contributed by atoms with van der Waals surface area (Å²) in [6, 6.07) is 7.21. The number of nitrogens with zero attached hydrogens (tertiary/aromatic N) is 1. The smallest absolute Gasteiger partial charge is 0.338 e. The number of nitrogens with one attached hydrogen (secondary N) is 1. The third kappa shape index (κ3) is 4.28. The molecule has 1 N–H and O–H groups in total. The van der Waals surface area contributed by atoms with Crippen molar-refractivity contribution in [3.05, 3.63) is 68.5 Å². The molecule has 4 atom stereocenters. The number of carbonyl (C=O) groups excluding carboxylic acids is 1. The highest BCUT2D eigenvalue weighted by molar-refractivity contribution is 7.85. The van der Waals surface area contributed by atoms with Gasteiger partial charge in [-0.15, -0.1) is 0 Å². The fourth-order valence-corrected chi connectivity index (χ4v) is 4.02. The molecule has 28 heavy (non-hydrogen) atoms. The Kier molecular flexibility index (Phi) is 6.20. The van der Waals surface area contributed by atoms with E-state index < -0.39 is 51.6 Å². The van der Waals surface area contributed by atoms with E-state index in [1.807, 2.05) is 0 Å². The van der Waals surface area contributed by atoms with Crippen LogP contribution in [0.15, 0.2) is 46.1 Å². The molecule has 2 heterocycles. The summed E-state index contributed by atoms with van der Waals surface area (Å²) in [5.41, 5.74) is -0.568. The monoisotopic (exact) mass is 410 g/mol. The molecule has 1 saturated heterocycles. The largest absolute Gasteiger partial charge is 0.459 e. The van der Waals surface area contributed by atoms with Crippen molar-refractivity contribution in [2.24, 2.45) is 0 Å². The first-order valence-electron chi connectivity index (χ1n) is 8.53. The number of benzene rings is 1. The third-order valence-corrected chi connectivity index (χ3v) is 5.86. The van der Waals surface area contributed by atoms with Crippen molar-refractivity contribution >= 4 is 16.8 Å². The number of aromatic amines is 1. The topological polar surface area (TPSA) is 107 Å². The van der Waals surface area contributed by atoms with E-state index in [0.717, 1.165) is 4.57 Å². The predicted molar refractivity (Wildman–Crippen MR) is 99.2 cm³/mol. The molecule has 0 spiro atoms. The molecule has 0 saturated carbocycles. The first kappa shape index (κ1) is 20.2. The van der Waals surface area contributed by atoms with Crippen molar-refractivity contribution in [3.63, 3.8) is 0 Å². The van der Waals surface area contributed by atoms with Crippen LogP contribution in [0.3, 0.4) is 0 Å². The zero-order chi connectivity index (χ0) is 20.3. The fourth-order valence-electron chi connectivity index (χ4n) is 2.99. The van der Waals surface area contributed by atoms with Gasteiger partial charge in [0.2, 0.25) is 0 Å². The Morgan fingerprint density at radius 2 is 2.07 bits per heavy atom. The number of esters is 1. The van der Waals surface area contributed by atoms with Crippen molar-refractivity contribution < 1.29 is 22.9 Å². The molecule has 0 aliphatic carbocycles. The van der Waals surface area contributed by atoms with Gasteiger partial charge in [-0.3, -0.25) is 18.6 Å². The van der Waals surface area contributed by atoms with E-state index in [4.69, 9.17) is 9.47 Å². The van der Waals surface area contributed by atoms with Gasteiger partial charge in [0.05, 0.1) is 21.6 Å². The van der Waals surface area contributed by atoms with Gasteiger partial charge in [-0.05, 0) is 19.1 Å². The number of H-pyrrole nitrogens is 1. The molecular formula is C18H19FN2O6S. The van der Waals surface area contributed by atoms with Crippen LogP contribution >= 0.6 is 0 Å². The van der Waals surface area contributed by atoms with Crippen LogP contribution in [0, 0.1) is 6.92 Å². The molecule has 10 heteroatoms. The number of hydrogen-bond donors (Lipinski definition) is 1. The van der Waals surface area contributed by atoms with Crippen molar-refractivity contribution in [1.82, 2.24) is 9.55 Å². The normalized spacial score (nSPS) is 22.7. The Bertz CT molecular complexity index is 990. The third-order valence-electron chi connectivity index (χ3n) is 4.47. The van der Waals surface area contributed by atoms with Gasteiger partial charge in [-0.1, -0.05) is 18.2 Å². The number of alkyl halides is 1. The molecule has 0 unspecified atom stereocenters. The Labute approximate surface area is 161 Å². The first-order chi connectivity index (χ1) is 13.4. The average molecular weight is 410 g/mol. The van der Waals surface area contributed by atoms with Crippen molar-refractivity contribution in [2.75, 3.05) is 12.6 Å². The molecule has 1 aromatic carbocycles. The summed E-state index contributed by atoms with van der Waals surface area (Å²) in [6.45, 7) is 1.29. The maximum atomic E-state index is 13.0. The lowest BCUT2D eigenvalue weighted by Gasteiger charge is -2.17. The average Bonchev–Trinajstić information content (AvgIpc) is 3.13. The zero-order valence-electron chi connectivity index (χ0n) is 15.0. The minimum Gasteiger partial charge on any atom is -0.459 e. The SMILES string of the molecule is Cc1cn([C@H]2C[C@H]([S@](=O)CF)[C@@H](COC(=O)c3ccccc3)O2)c(=O)[nH]c1=O. The highest BCUT2D eigenvalue weighted by Gasteiger charge is 2.41. The van der Waals surface area contributed by atoms with Crippen LogP contribution in [0.5, 0.6) is 0 Å². The van der Waals surface area contributed by atoms with Gasteiger partial charge in [0.1, 0.15) is 18.9 Å². The summed E-state index contributed by atoms with van der Waals surface area (Å²) in [7, 11) is -1.87. The molecule has 1 aliphatic rings. The fraction of sp³-hybridized carbons (Fsp3) is 0.389. The Morgan fingerprint density at radius 1 is 1.36 bits per heavy atom. The van der Waals surface area contributed by atoms with E-state index in [-0.39, 0.29) is 13.0 Å². The summed E-state index contributed by atoms with van der Waals surface area (Å²) >= 11 is 0. The van der Waals surface area contributed by atoms with E-state index in [0.29, 0.717) is 11.1 Å². The van der Waals surface area contributed by atoms with Gasteiger partial charge in [0.25, 0.3) is 5.56 Å². The minimum atomic E-state index is -1.87. The maximum absolute atomic E-state index is 13.0. The number of aryl methyl sites for hydroxylation is 1. The van der Waals surface area contributed by atoms with Crippen molar-refractivity contribution in [2.45, 2.75) is 30.9 Å². The predicted octanol–water partition coefficient (Wildman–Crippen LogP) is 1.03. The Balaban J connectivity index is 1.77. The second-order valence-corrected chi connectivity index (χ2v) is 7.92. The lowest BCUT2D eigenvalue weighted by molar-refractivity contribution is -0.0334. The van der Waals surface area contributed by atoms with Crippen molar-refractivity contribution in [1.29, 1.82) is 0 Å². The molecule has 2 aromatic rings. The van der Waals surface area contributed by atoms with Crippen LogP contribution in [-0.2, 0) is 20.3 Å². The number of halogens is 1. The molecular weight excluding hydrogens is 391 g/mol. The molecule has 8 nitrogen and oxygen atoms in total. The van der Waals surface area contributed by atoms with Gasteiger partial charge < -0.3 is 9.47 Å². The molecule has 0 amide bonds. The molecule has 0 radical (unpaired) electrons. The van der Waals surface area contributed by atoms with Crippen LogP contribution in [0.2, 0.25) is 0 Å². The van der Waals surface area contributed by atoms with E-state index in [1.165, 1.54) is 13.1 Å². The minimum absolute atomic E-state index is 0.0788. The highest BCUT2D eigenvalue weighted by Crippen LogP contribution is 2.31. The van der Waals surface area contributed by atoms with E-state index in [1.54, 1.807) is 30.3 Å². The van der Waals surface area contributed by atoms with Gasteiger partial charge >= 0.3 is 11.7 Å². The Morgan fingerprint density at radius 3 is 2.75 bits per heavy atom. The Hall–Kier alpha value is -2.59. The second kappa shape index (κ2) is 8.61. The van der Waals surface area contributed by atoms with Crippen LogP contribution in [0.1, 0.15) is 28.6 Å². The summed E-state index contributed by atoms with van der Waals surface area (Å²) in [5.74, 6) is -0.588. The quantitative estimate of drug-likeness (QED) is 0.713. The molecule has 150 valence electrons. The standard InChI is InChI=1S/C18H19FN2O6S/c1-11-8-21(18(24)20-16(11)22)15-7-14(28(25)10-19)13(27-15)9-26-17(23)12-5-3-2-4-6-12/h2-6,8,13-15H,7,9-10H2,1H3,(H,20,22,24)/t13-,14+,15-,28-/m1/s1. The van der Waals surface area contributed by atoms with Crippen LogP contribution in [0.25, 0.3) is 0 Å². The summed E-state index contributed by atoms with van der Waals surface area (Å²) < 4.78 is 37.3. The van der Waals surface area contributed by atoms with Gasteiger partial charge in [-0.25, -0.2) is 14.0 Å². The molecule has 0 bridgehead atoms. The van der Waals surface area contributed by atoms with Crippen molar-refractivity contribution in [3.8, 4) is 0 Å². The summed E-state index contributed by atoms with van der Waals surface area (Å²) in [6.07, 6.45) is -0.299. The second-order valence-electron chi connectivity index (χ2n) is 6.34. The molecule has 3 rings (SSSR count). The number of carbonyl (C=O) groups is 1. The lowest BCUT2D eigenvalue weighted by Crippen LogP contribution is -2.33. The summed E-state index contributed by atoms with van der Waals surface area (Å²) in [5, 5.41) is -0.766. The number of hydrogen-bond acceptors (Lipinski definition) is 6. The van der Waals surface area contributed by atoms with Crippen LogP contribution in [-0.4, -0.2) is 43.7 Å². The lowest BCUT2D eigenvalue weighted by atomic mass is 10.2. The van der Waals surface area contributed by atoms with Gasteiger partial charge in [-0.2, -0.15) is 0 Å². The molecule has 1 fully saturated rings. The van der Waals surface area contributed by atoms with Crippen LogP contribution in [0.4, 0.5) is 4.39 Å². The summed E-state index contributed by atoms with van der Waals surface area (Å²) in [4.78, 5) is 37.9. The highest BCUT2D eigenvalue weighted by atomic mass is 32.2. The zero-order valence-corrected chi connectivity index (χ0v) is 15.8. The number of ether oxygens (including phenoxy) is 2. The maximum Gasteiger partial charge on any atom is 0.338 e. The number of aromatic nitrogens is 2. The molecule has 1 aliphatic heterocycles. The molecule has 1 aromatic heterocycles. The first-order valence-corrected chi connectivity index (χ1v) is 9.91. The van der Waals surface area contributed by atoms with Gasteiger partial charge in [0.15, 0.2) is 6.01 Å². The van der Waals surface area contributed by atoms with Crippen LogP contribution < -0.4 is 11.2 Å². The van der Waals surface area contributed by atoms with E-state index in [2.05, 4.69) is 4.98 Å². The van der Waals surface area contributed by atoms with E-state index in [9.17, 15) is 23.0 Å². The van der Waals surface area contributed by atoms with E-state index >= 15 is 0 Å². The number of rotatable bonds is 6. The van der Waals surface area contributed by atoms with Gasteiger partial charge in [0, 0.05) is 18.2 Å².